The molecule has 9 nitrogen and oxygen atoms in total. The van der Waals surface area contributed by atoms with Gasteiger partial charge in [-0.1, -0.05) is 116 Å². The number of carbonyl (C=O) groups is 1. The Kier molecular flexibility index (Phi) is 17.0. The number of carboxylic acids is 1. The SMILES string of the molecule is CC(C)(C)c1nc2ccc(C(=O)O)cc2n1C[C@@H]1CCO1.CC(C)C.CC(C)C.CC1CCC2CCCC2C1.Cc1ccc2nc(C(C)(C)C)n(C[C@@H]3CCO3)c2n1. The Bertz CT molecular complexity index is 1880. The molecule has 4 aromatic rings. The minimum absolute atomic E-state index is 0.0123. The normalized spacial score (nSPS) is 22.6. The second-order valence-corrected chi connectivity index (χ2v) is 20.8. The number of fused-ring (bicyclic) bond motifs is 3. The fourth-order valence-electron chi connectivity index (χ4n) is 8.06. The highest BCUT2D eigenvalue weighted by Crippen LogP contribution is 2.44. The minimum atomic E-state index is -0.915. The molecule has 4 aliphatic rings. The van der Waals surface area contributed by atoms with Crippen molar-refractivity contribution in [1.82, 2.24) is 24.1 Å². The van der Waals surface area contributed by atoms with Crippen LogP contribution in [0.25, 0.3) is 22.2 Å². The van der Waals surface area contributed by atoms with E-state index < -0.39 is 5.97 Å². The molecule has 2 saturated carbocycles. The molecule has 2 aliphatic carbocycles. The van der Waals surface area contributed by atoms with Crippen molar-refractivity contribution in [2.75, 3.05) is 13.2 Å². The number of nitrogens with zero attached hydrogens (tertiary/aromatic N) is 5. The summed E-state index contributed by atoms with van der Waals surface area (Å²) in [6.45, 7) is 33.7. The number of benzene rings is 1. The molecule has 0 bridgehead atoms. The van der Waals surface area contributed by atoms with Crippen LogP contribution in [0.3, 0.4) is 0 Å². The molecule has 3 aromatic heterocycles. The molecule has 5 heterocycles. The van der Waals surface area contributed by atoms with Crippen molar-refractivity contribution in [2.45, 2.75) is 184 Å². The third-order valence-corrected chi connectivity index (χ3v) is 11.0. The topological polar surface area (TPSA) is 104 Å². The Morgan fingerprint density at radius 2 is 1.22 bits per heavy atom. The molecule has 58 heavy (non-hydrogen) atoms. The molecular weight excluding hydrogens is 723 g/mol. The fourth-order valence-corrected chi connectivity index (χ4v) is 8.06. The zero-order valence-corrected chi connectivity index (χ0v) is 38.8. The molecule has 5 atom stereocenters. The number of ether oxygens (including phenoxy) is 2. The predicted octanol–water partition coefficient (Wildman–Crippen LogP) is 12.2. The van der Waals surface area contributed by atoms with E-state index in [0.717, 1.165) is 108 Å². The van der Waals surface area contributed by atoms with Crippen LogP contribution in [0, 0.1) is 36.5 Å². The van der Waals surface area contributed by atoms with Crippen LogP contribution in [0.4, 0.5) is 0 Å². The Morgan fingerprint density at radius 1 is 0.724 bits per heavy atom. The van der Waals surface area contributed by atoms with E-state index in [1.54, 1.807) is 43.9 Å². The molecule has 0 amide bonds. The monoisotopic (exact) mass is 802 g/mol. The van der Waals surface area contributed by atoms with Crippen LogP contribution in [0.1, 0.15) is 169 Å². The summed E-state index contributed by atoms with van der Waals surface area (Å²) in [5.74, 6) is 6.15. The van der Waals surface area contributed by atoms with Gasteiger partial charge in [0.25, 0.3) is 0 Å². The third kappa shape index (κ3) is 13.6. The maximum atomic E-state index is 11.2. The van der Waals surface area contributed by atoms with Crippen molar-refractivity contribution in [3.05, 3.63) is 53.2 Å². The molecule has 4 fully saturated rings. The van der Waals surface area contributed by atoms with Gasteiger partial charge < -0.3 is 23.7 Å². The first-order valence-corrected chi connectivity index (χ1v) is 22.5. The molecule has 2 saturated heterocycles. The second-order valence-electron chi connectivity index (χ2n) is 20.8. The quantitative estimate of drug-likeness (QED) is 0.214. The Morgan fingerprint density at radius 3 is 1.74 bits per heavy atom. The molecule has 1 aromatic carbocycles. The number of aryl methyl sites for hydroxylation is 1. The largest absolute Gasteiger partial charge is 0.478 e. The first-order valence-electron chi connectivity index (χ1n) is 22.5. The van der Waals surface area contributed by atoms with Gasteiger partial charge in [0, 0.05) is 29.7 Å². The highest BCUT2D eigenvalue weighted by Gasteiger charge is 2.32. The van der Waals surface area contributed by atoms with Crippen LogP contribution in [0.2, 0.25) is 0 Å². The van der Waals surface area contributed by atoms with Gasteiger partial charge in [-0.25, -0.2) is 19.7 Å². The number of aromatic nitrogens is 5. The maximum Gasteiger partial charge on any atom is 0.335 e. The van der Waals surface area contributed by atoms with Crippen molar-refractivity contribution in [3.63, 3.8) is 0 Å². The van der Waals surface area contributed by atoms with Crippen LogP contribution in [0.5, 0.6) is 0 Å². The maximum absolute atomic E-state index is 11.2. The smallest absolute Gasteiger partial charge is 0.335 e. The molecule has 1 N–H and O–H groups in total. The Balaban J connectivity index is 0.000000183. The number of hydrogen-bond donors (Lipinski definition) is 1. The summed E-state index contributed by atoms with van der Waals surface area (Å²) in [5.41, 5.74) is 4.90. The highest BCUT2D eigenvalue weighted by molar-refractivity contribution is 5.92. The lowest BCUT2D eigenvalue weighted by Gasteiger charge is -2.29. The van der Waals surface area contributed by atoms with E-state index >= 15 is 0 Å². The molecule has 9 heteroatoms. The van der Waals surface area contributed by atoms with Gasteiger partial charge in [0.05, 0.1) is 41.9 Å². The fraction of sp³-hybridized carbons (Fsp3) is 0.714. The van der Waals surface area contributed by atoms with Gasteiger partial charge in [-0.3, -0.25) is 0 Å². The van der Waals surface area contributed by atoms with Crippen LogP contribution in [-0.2, 0) is 33.4 Å². The van der Waals surface area contributed by atoms with E-state index in [1.807, 2.05) is 13.0 Å². The third-order valence-electron chi connectivity index (χ3n) is 11.0. The summed E-state index contributed by atoms with van der Waals surface area (Å²) in [4.78, 5) is 25.4. The van der Waals surface area contributed by atoms with E-state index in [0.29, 0.717) is 11.7 Å². The van der Waals surface area contributed by atoms with Crippen LogP contribution < -0.4 is 0 Å². The summed E-state index contributed by atoms with van der Waals surface area (Å²) >= 11 is 0. The zero-order chi connectivity index (χ0) is 42.9. The molecule has 2 aliphatic heterocycles. The summed E-state index contributed by atoms with van der Waals surface area (Å²) in [6.07, 6.45) is 11.9. The lowest BCUT2D eigenvalue weighted by Crippen LogP contribution is -2.33. The molecule has 324 valence electrons. The number of rotatable bonds is 5. The van der Waals surface area contributed by atoms with Crippen molar-refractivity contribution < 1.29 is 19.4 Å². The average Bonchev–Trinajstić information content (AvgIpc) is 3.79. The molecular formula is C49H79N5O4. The molecule has 3 unspecified atom stereocenters. The van der Waals surface area contributed by atoms with Gasteiger partial charge in [0.2, 0.25) is 0 Å². The number of imidazole rings is 2. The molecule has 8 rings (SSSR count). The van der Waals surface area contributed by atoms with Gasteiger partial charge >= 0.3 is 5.97 Å². The zero-order valence-electron chi connectivity index (χ0n) is 38.8. The highest BCUT2D eigenvalue weighted by atomic mass is 16.5. The van der Waals surface area contributed by atoms with Gasteiger partial charge in [-0.05, 0) is 92.5 Å². The summed E-state index contributed by atoms with van der Waals surface area (Å²) in [5, 5.41) is 9.19. The van der Waals surface area contributed by atoms with Crippen LogP contribution in [-0.4, -0.2) is 60.6 Å². The standard InChI is InChI=1S/C16H20N2O3.C15H21N3O.C10H18.2C4H10/c1-16(2,3)15-17-12-5-4-10(14(19)20)8-13(12)18(15)9-11-6-7-21-11;1-10-5-6-12-13(16-10)18(9-11-7-8-19-11)14(17-12)15(2,3)4;1-8-5-6-9-3-2-4-10(9)7-8;2*1-4(2)3/h4-5,8,11H,6-7,9H2,1-3H3,(H,19,20);5-6,11H,7-9H2,1-4H3;8-10H,2-7H2,1H3;2*4H,1-3H3/t2*11-;;;/m00.../s1. The number of hydrogen-bond acceptors (Lipinski definition) is 6. The van der Waals surface area contributed by atoms with E-state index in [2.05, 4.69) is 110 Å². The molecule has 0 radical (unpaired) electrons. The van der Waals surface area contributed by atoms with E-state index in [9.17, 15) is 9.90 Å². The van der Waals surface area contributed by atoms with E-state index in [-0.39, 0.29) is 16.9 Å². The Hall–Kier alpha value is -3.30. The number of carboxylic acid groups (broad SMARTS) is 1. The Labute approximate surface area is 351 Å². The van der Waals surface area contributed by atoms with Crippen molar-refractivity contribution in [2.24, 2.45) is 29.6 Å². The van der Waals surface area contributed by atoms with Gasteiger partial charge in [-0.15, -0.1) is 0 Å². The second kappa shape index (κ2) is 20.8. The lowest BCUT2D eigenvalue weighted by molar-refractivity contribution is -0.0594. The minimum Gasteiger partial charge on any atom is -0.478 e. The summed E-state index contributed by atoms with van der Waals surface area (Å²) in [7, 11) is 0. The van der Waals surface area contributed by atoms with Crippen molar-refractivity contribution in [1.29, 1.82) is 0 Å². The van der Waals surface area contributed by atoms with Gasteiger partial charge in [0.1, 0.15) is 17.2 Å². The predicted molar refractivity (Wildman–Crippen MR) is 240 cm³/mol. The van der Waals surface area contributed by atoms with E-state index in [1.165, 1.54) is 12.8 Å². The average molecular weight is 802 g/mol. The first kappa shape index (κ1) is 47.4. The lowest BCUT2D eigenvalue weighted by atomic mass is 9.77. The summed E-state index contributed by atoms with van der Waals surface area (Å²) in [6, 6.07) is 9.18. The molecule has 0 spiro atoms. The van der Waals surface area contributed by atoms with Crippen molar-refractivity contribution in [3.8, 4) is 0 Å². The van der Waals surface area contributed by atoms with E-state index in [4.69, 9.17) is 19.4 Å². The number of aromatic carboxylic acids is 1. The first-order chi connectivity index (χ1) is 27.1. The van der Waals surface area contributed by atoms with Crippen molar-refractivity contribution >= 4 is 28.2 Å². The summed E-state index contributed by atoms with van der Waals surface area (Å²) < 4.78 is 15.5. The van der Waals surface area contributed by atoms with Crippen LogP contribution in [0.15, 0.2) is 30.3 Å². The van der Waals surface area contributed by atoms with Gasteiger partial charge in [-0.2, -0.15) is 0 Å². The van der Waals surface area contributed by atoms with Gasteiger partial charge in [0.15, 0.2) is 5.65 Å². The van der Waals surface area contributed by atoms with Crippen LogP contribution >= 0.6 is 0 Å². The number of pyridine rings is 1.